The van der Waals surface area contributed by atoms with Crippen molar-refractivity contribution in [2.24, 2.45) is 0 Å². The van der Waals surface area contributed by atoms with E-state index in [2.05, 4.69) is 217 Å². The third-order valence-electron chi connectivity index (χ3n) is 13.1. The topological polar surface area (TPSA) is 51.6 Å². The summed E-state index contributed by atoms with van der Waals surface area (Å²) in [5, 5.41) is 14.4. The summed E-state index contributed by atoms with van der Waals surface area (Å²) < 4.78 is 0. The number of fused-ring (bicyclic) bond motifs is 8. The molecule has 4 heteroatoms. The largest absolute Gasteiger partial charge is 0.264 e. The highest BCUT2D eigenvalue weighted by molar-refractivity contribution is 6.16. The molecule has 0 aliphatic rings. The number of hydrogen-bond donors (Lipinski definition) is 0. The van der Waals surface area contributed by atoms with Gasteiger partial charge < -0.3 is 0 Å². The molecule has 0 atom stereocenters. The average Bonchev–Trinajstić information content (AvgIpc) is 3.39. The first-order valence-electron chi connectivity index (χ1n) is 22.3. The van der Waals surface area contributed by atoms with Crippen LogP contribution >= 0.6 is 0 Å². The number of aromatic nitrogens is 4. The van der Waals surface area contributed by atoms with E-state index in [1.165, 1.54) is 59.2 Å². The maximum Gasteiger partial charge on any atom is 0.164 e. The third-order valence-corrected chi connectivity index (χ3v) is 13.1. The van der Waals surface area contributed by atoms with Crippen LogP contribution in [-0.4, -0.2) is 19.9 Å². The van der Waals surface area contributed by atoms with Gasteiger partial charge in [-0.3, -0.25) is 4.98 Å². The molecule has 0 unspecified atom stereocenters. The Balaban J connectivity index is 1.07. The van der Waals surface area contributed by atoms with E-state index in [0.717, 1.165) is 55.5 Å². The minimum Gasteiger partial charge on any atom is -0.264 e. The molecule has 0 N–H and O–H groups in total. The first-order valence-corrected chi connectivity index (χ1v) is 22.3. The van der Waals surface area contributed by atoms with Gasteiger partial charge in [-0.2, -0.15) is 0 Å². The Kier molecular flexibility index (Phi) is 8.81. The van der Waals surface area contributed by atoms with Crippen molar-refractivity contribution in [1.29, 1.82) is 0 Å². The minimum atomic E-state index is 0.600. The van der Waals surface area contributed by atoms with Crippen LogP contribution in [0.3, 0.4) is 0 Å². The second kappa shape index (κ2) is 15.4. The predicted octanol–water partition coefficient (Wildman–Crippen LogP) is 16.2. The van der Waals surface area contributed by atoms with Gasteiger partial charge in [0.25, 0.3) is 0 Å². The van der Waals surface area contributed by atoms with E-state index in [1.807, 2.05) is 12.3 Å². The lowest BCUT2D eigenvalue weighted by Crippen LogP contribution is -2.01. The molecular formula is C62H38N4. The molecule has 2 aromatic heterocycles. The Morgan fingerprint density at radius 3 is 1.24 bits per heavy atom. The maximum atomic E-state index is 5.40. The normalized spacial score (nSPS) is 11.6. The van der Waals surface area contributed by atoms with E-state index in [0.29, 0.717) is 17.5 Å². The van der Waals surface area contributed by atoms with E-state index >= 15 is 0 Å². The fourth-order valence-corrected chi connectivity index (χ4v) is 9.84. The van der Waals surface area contributed by atoms with Gasteiger partial charge in [-0.15, -0.1) is 0 Å². The van der Waals surface area contributed by atoms with E-state index in [-0.39, 0.29) is 0 Å². The summed E-state index contributed by atoms with van der Waals surface area (Å²) in [5.74, 6) is 1.81. The monoisotopic (exact) mass is 838 g/mol. The molecule has 0 radical (unpaired) electrons. The molecule has 0 spiro atoms. The van der Waals surface area contributed by atoms with Crippen LogP contribution in [0.25, 0.3) is 132 Å². The van der Waals surface area contributed by atoms with Crippen molar-refractivity contribution < 1.29 is 0 Å². The summed E-state index contributed by atoms with van der Waals surface area (Å²) in [6.45, 7) is 0. The van der Waals surface area contributed by atoms with Gasteiger partial charge >= 0.3 is 0 Å². The molecule has 2 heterocycles. The highest BCUT2D eigenvalue weighted by atomic mass is 15.0. The summed E-state index contributed by atoms with van der Waals surface area (Å²) in [5.41, 5.74) is 9.33. The Hall–Kier alpha value is -8.86. The van der Waals surface area contributed by atoms with Crippen molar-refractivity contribution >= 4 is 64.6 Å². The highest BCUT2D eigenvalue weighted by Crippen LogP contribution is 2.42. The van der Waals surface area contributed by atoms with Crippen molar-refractivity contribution in [3.8, 4) is 67.5 Å². The van der Waals surface area contributed by atoms with Crippen LogP contribution in [0.5, 0.6) is 0 Å². The molecule has 0 amide bonds. The minimum absolute atomic E-state index is 0.600. The van der Waals surface area contributed by atoms with Crippen molar-refractivity contribution in [3.63, 3.8) is 0 Å². The number of hydrogen-bond acceptors (Lipinski definition) is 4. The Bertz CT molecular complexity index is 3910. The lowest BCUT2D eigenvalue weighted by atomic mass is 9.88. The molecule has 4 nitrogen and oxygen atoms in total. The van der Waals surface area contributed by atoms with Crippen LogP contribution in [0, 0.1) is 0 Å². The first kappa shape index (κ1) is 37.7. The molecule has 0 bridgehead atoms. The lowest BCUT2D eigenvalue weighted by molar-refractivity contribution is 1.07. The van der Waals surface area contributed by atoms with E-state index in [9.17, 15) is 0 Å². The van der Waals surface area contributed by atoms with Crippen LogP contribution < -0.4 is 0 Å². The van der Waals surface area contributed by atoms with Crippen molar-refractivity contribution in [2.75, 3.05) is 0 Å². The molecule has 0 saturated heterocycles. The molecule has 0 saturated carbocycles. The van der Waals surface area contributed by atoms with Gasteiger partial charge in [-0.05, 0) is 153 Å². The molecule has 0 aliphatic heterocycles. The summed E-state index contributed by atoms with van der Waals surface area (Å²) >= 11 is 0. The van der Waals surface area contributed by atoms with Crippen LogP contribution in [0.15, 0.2) is 231 Å². The predicted molar refractivity (Wildman–Crippen MR) is 275 cm³/mol. The van der Waals surface area contributed by atoms with Gasteiger partial charge in [0.15, 0.2) is 17.5 Å². The number of rotatable bonds is 6. The van der Waals surface area contributed by atoms with Crippen LogP contribution in [0.1, 0.15) is 0 Å². The number of nitrogens with zero attached hydrogens (tertiary/aromatic N) is 4. The van der Waals surface area contributed by atoms with Gasteiger partial charge in [0.1, 0.15) is 0 Å². The van der Waals surface area contributed by atoms with E-state index < -0.39 is 0 Å². The first-order chi connectivity index (χ1) is 32.7. The molecule has 13 rings (SSSR count). The lowest BCUT2D eigenvalue weighted by Gasteiger charge is -2.16. The van der Waals surface area contributed by atoms with Crippen molar-refractivity contribution in [2.45, 2.75) is 0 Å². The quantitative estimate of drug-likeness (QED) is 0.124. The third kappa shape index (κ3) is 6.55. The number of pyridine rings is 1. The molecule has 0 aliphatic carbocycles. The van der Waals surface area contributed by atoms with Gasteiger partial charge in [-0.25, -0.2) is 15.0 Å². The Morgan fingerprint density at radius 1 is 0.227 bits per heavy atom. The smallest absolute Gasteiger partial charge is 0.164 e. The molecule has 13 aromatic rings. The molecule has 66 heavy (non-hydrogen) atoms. The van der Waals surface area contributed by atoms with Gasteiger partial charge in [0.05, 0.1) is 0 Å². The molecule has 306 valence electrons. The van der Waals surface area contributed by atoms with E-state index in [4.69, 9.17) is 15.0 Å². The molecular weight excluding hydrogens is 801 g/mol. The second-order valence-electron chi connectivity index (χ2n) is 17.1. The van der Waals surface area contributed by atoms with Crippen molar-refractivity contribution in [3.05, 3.63) is 231 Å². The van der Waals surface area contributed by atoms with Crippen LogP contribution in [0.4, 0.5) is 0 Å². The summed E-state index contributed by atoms with van der Waals surface area (Å²) in [6, 6.07) is 78.4. The standard InChI is InChI=1S/C62H38N4/c1-2-13-42-31-48-32-46(28-27-43(48)30-41(42)12-1)61-64-60(40-25-23-39(24-26-40)47-16-11-29-63-38-47)65-62(66-61)51-34-49(58-36-44-14-3-5-17-52(44)54-19-7-9-21-56(54)58)33-50(35-51)59-37-45-15-4-6-18-53(45)55-20-8-10-22-57(55)59/h1-38H. The van der Waals surface area contributed by atoms with Crippen molar-refractivity contribution in [1.82, 2.24) is 19.9 Å². The molecule has 0 fully saturated rings. The van der Waals surface area contributed by atoms with E-state index in [1.54, 1.807) is 6.20 Å². The van der Waals surface area contributed by atoms with Gasteiger partial charge in [0.2, 0.25) is 0 Å². The Morgan fingerprint density at radius 2 is 0.667 bits per heavy atom. The second-order valence-corrected chi connectivity index (χ2v) is 17.1. The average molecular weight is 839 g/mol. The zero-order valence-electron chi connectivity index (χ0n) is 35.7. The SMILES string of the molecule is c1cncc(-c2ccc(-c3nc(-c4cc(-c5cc6ccccc6c6ccccc56)cc(-c5cc6ccccc6c6ccccc56)c4)nc(-c4ccc5cc6ccccc6cc5c4)n3)cc2)c1. The summed E-state index contributed by atoms with van der Waals surface area (Å²) in [7, 11) is 0. The van der Waals surface area contributed by atoms with Crippen LogP contribution in [-0.2, 0) is 0 Å². The Labute approximate surface area is 381 Å². The highest BCUT2D eigenvalue weighted by Gasteiger charge is 2.19. The van der Waals surface area contributed by atoms with Gasteiger partial charge in [-0.1, -0.05) is 164 Å². The zero-order chi connectivity index (χ0) is 43.6. The summed E-state index contributed by atoms with van der Waals surface area (Å²) in [6.07, 6.45) is 3.69. The fraction of sp³-hybridized carbons (Fsp3) is 0. The summed E-state index contributed by atoms with van der Waals surface area (Å²) in [4.78, 5) is 20.4. The number of benzene rings is 11. The molecule has 11 aromatic carbocycles. The van der Waals surface area contributed by atoms with Crippen LogP contribution in [0.2, 0.25) is 0 Å². The zero-order valence-corrected chi connectivity index (χ0v) is 35.7. The van der Waals surface area contributed by atoms with Gasteiger partial charge in [0, 0.05) is 29.1 Å². The maximum absolute atomic E-state index is 5.40. The fourth-order valence-electron chi connectivity index (χ4n) is 9.84.